The number of amides is 2. The Kier molecular flexibility index (Phi) is 4.72. The van der Waals surface area contributed by atoms with Crippen molar-refractivity contribution in [3.63, 3.8) is 0 Å². The Balaban J connectivity index is 1.44. The number of aromatic nitrogens is 3. The first-order valence-corrected chi connectivity index (χ1v) is 8.50. The van der Waals surface area contributed by atoms with Gasteiger partial charge in [-0.05, 0) is 32.6 Å². The highest BCUT2D eigenvalue weighted by molar-refractivity contribution is 7.11. The second kappa shape index (κ2) is 6.91. The first-order valence-electron chi connectivity index (χ1n) is 7.68. The summed E-state index contributed by atoms with van der Waals surface area (Å²) >= 11 is 1.70. The van der Waals surface area contributed by atoms with Gasteiger partial charge in [-0.15, -0.1) is 11.3 Å². The molecule has 22 heavy (non-hydrogen) atoms. The molecular weight excluding hydrogens is 298 g/mol. The first-order chi connectivity index (χ1) is 10.7. The number of imidazole rings is 1. The number of hydrogen-bond donors (Lipinski definition) is 2. The molecule has 0 fully saturated rings. The van der Waals surface area contributed by atoms with Crippen LogP contribution in [0.15, 0.2) is 18.7 Å². The van der Waals surface area contributed by atoms with Gasteiger partial charge in [0.1, 0.15) is 0 Å². The summed E-state index contributed by atoms with van der Waals surface area (Å²) in [6.45, 7) is 3.55. The molecule has 0 bridgehead atoms. The molecule has 0 saturated carbocycles. The Morgan fingerprint density at radius 3 is 3.27 bits per heavy atom. The van der Waals surface area contributed by atoms with Crippen molar-refractivity contribution >= 4 is 17.4 Å². The molecule has 3 rings (SSSR count). The molecule has 0 unspecified atom stereocenters. The van der Waals surface area contributed by atoms with Crippen LogP contribution in [-0.2, 0) is 13.0 Å². The van der Waals surface area contributed by atoms with Crippen LogP contribution < -0.4 is 10.6 Å². The maximum absolute atomic E-state index is 12.0. The fourth-order valence-corrected chi connectivity index (χ4v) is 3.83. The lowest BCUT2D eigenvalue weighted by Crippen LogP contribution is -2.39. The molecule has 2 aromatic heterocycles. The molecule has 2 aromatic rings. The van der Waals surface area contributed by atoms with Crippen LogP contribution in [0.2, 0.25) is 0 Å². The van der Waals surface area contributed by atoms with Crippen LogP contribution in [0.4, 0.5) is 4.79 Å². The molecule has 1 aliphatic rings. The maximum Gasteiger partial charge on any atom is 0.315 e. The van der Waals surface area contributed by atoms with Crippen LogP contribution in [-0.4, -0.2) is 27.1 Å². The summed E-state index contributed by atoms with van der Waals surface area (Å²) in [5.41, 5.74) is 1.17. The highest BCUT2D eigenvalue weighted by Gasteiger charge is 2.24. The Hall–Kier alpha value is -1.89. The molecule has 0 aliphatic heterocycles. The number of fused-ring (bicyclic) bond motifs is 1. The summed E-state index contributed by atoms with van der Waals surface area (Å²) in [6, 6.07) is 0.0260. The zero-order chi connectivity index (χ0) is 15.4. The zero-order valence-corrected chi connectivity index (χ0v) is 13.5. The van der Waals surface area contributed by atoms with Crippen molar-refractivity contribution in [2.24, 2.45) is 0 Å². The van der Waals surface area contributed by atoms with Gasteiger partial charge < -0.3 is 15.2 Å². The smallest absolute Gasteiger partial charge is 0.315 e. The van der Waals surface area contributed by atoms with Crippen LogP contribution in [0.1, 0.15) is 40.9 Å². The lowest BCUT2D eigenvalue weighted by atomic mass is 9.98. The summed E-state index contributed by atoms with van der Waals surface area (Å²) in [5, 5.41) is 7.10. The van der Waals surface area contributed by atoms with Crippen molar-refractivity contribution in [2.75, 3.05) is 6.54 Å². The molecule has 2 N–H and O–H groups in total. The van der Waals surface area contributed by atoms with Crippen molar-refractivity contribution in [3.05, 3.63) is 34.3 Å². The monoisotopic (exact) mass is 319 g/mol. The predicted octanol–water partition coefficient (Wildman–Crippen LogP) is 2.41. The number of aryl methyl sites for hydroxylation is 3. The average molecular weight is 319 g/mol. The van der Waals surface area contributed by atoms with E-state index >= 15 is 0 Å². The van der Waals surface area contributed by atoms with E-state index in [9.17, 15) is 4.79 Å². The number of carbonyl (C=O) groups is 1. The van der Waals surface area contributed by atoms with Crippen molar-refractivity contribution in [1.29, 1.82) is 0 Å². The van der Waals surface area contributed by atoms with Gasteiger partial charge in [0.15, 0.2) is 0 Å². The van der Waals surface area contributed by atoms with Crippen molar-refractivity contribution in [3.8, 4) is 0 Å². The fraction of sp³-hybridized carbons (Fsp3) is 0.533. The quantitative estimate of drug-likeness (QED) is 0.831. The van der Waals surface area contributed by atoms with Crippen molar-refractivity contribution < 1.29 is 4.79 Å². The highest BCUT2D eigenvalue weighted by atomic mass is 32.1. The summed E-state index contributed by atoms with van der Waals surface area (Å²) in [7, 11) is 0. The van der Waals surface area contributed by atoms with Crippen LogP contribution in [0.5, 0.6) is 0 Å². The number of hydrogen-bond acceptors (Lipinski definition) is 4. The van der Waals surface area contributed by atoms with Gasteiger partial charge in [0.05, 0.1) is 27.9 Å². The number of urea groups is 1. The Labute approximate surface area is 134 Å². The third kappa shape index (κ3) is 3.65. The van der Waals surface area contributed by atoms with E-state index in [1.165, 1.54) is 10.6 Å². The zero-order valence-electron chi connectivity index (χ0n) is 12.7. The van der Waals surface area contributed by atoms with E-state index in [0.717, 1.165) is 37.2 Å². The van der Waals surface area contributed by atoms with E-state index in [2.05, 4.69) is 20.6 Å². The lowest BCUT2D eigenvalue weighted by molar-refractivity contribution is 0.235. The Morgan fingerprint density at radius 2 is 2.45 bits per heavy atom. The Morgan fingerprint density at radius 1 is 1.55 bits per heavy atom. The van der Waals surface area contributed by atoms with E-state index in [-0.39, 0.29) is 12.1 Å². The van der Waals surface area contributed by atoms with Gasteiger partial charge in [-0.3, -0.25) is 0 Å². The lowest BCUT2D eigenvalue weighted by Gasteiger charge is -2.22. The van der Waals surface area contributed by atoms with Crippen molar-refractivity contribution in [1.82, 2.24) is 25.2 Å². The van der Waals surface area contributed by atoms with Crippen LogP contribution >= 0.6 is 11.3 Å². The van der Waals surface area contributed by atoms with Gasteiger partial charge in [-0.25, -0.2) is 14.8 Å². The summed E-state index contributed by atoms with van der Waals surface area (Å²) in [4.78, 5) is 21.8. The molecule has 118 valence electrons. The van der Waals surface area contributed by atoms with Crippen molar-refractivity contribution in [2.45, 2.75) is 45.2 Å². The second-order valence-corrected chi connectivity index (χ2v) is 6.78. The maximum atomic E-state index is 12.0. The van der Waals surface area contributed by atoms with Crippen LogP contribution in [0.25, 0.3) is 0 Å². The third-order valence-corrected chi connectivity index (χ3v) is 4.93. The highest BCUT2D eigenvalue weighted by Crippen LogP contribution is 2.33. The minimum absolute atomic E-state index is 0.0884. The summed E-state index contributed by atoms with van der Waals surface area (Å²) in [5.74, 6) is 0. The summed E-state index contributed by atoms with van der Waals surface area (Å²) < 4.78 is 2.01. The van der Waals surface area contributed by atoms with Crippen LogP contribution in [0, 0.1) is 6.92 Å². The van der Waals surface area contributed by atoms with E-state index in [1.807, 2.05) is 17.7 Å². The molecule has 0 aromatic carbocycles. The molecule has 0 saturated heterocycles. The number of nitrogens with one attached hydrogen (secondary N) is 2. The molecule has 2 amide bonds. The number of thiazole rings is 1. The van der Waals surface area contributed by atoms with E-state index < -0.39 is 0 Å². The van der Waals surface area contributed by atoms with Gasteiger partial charge in [-0.2, -0.15) is 0 Å². The Bertz CT molecular complexity index is 622. The van der Waals surface area contributed by atoms with Gasteiger partial charge >= 0.3 is 6.03 Å². The van der Waals surface area contributed by atoms with Gasteiger partial charge in [0.25, 0.3) is 0 Å². The molecule has 1 atom stereocenters. The molecule has 2 heterocycles. The predicted molar refractivity (Wildman–Crippen MR) is 85.9 cm³/mol. The second-order valence-electron chi connectivity index (χ2n) is 5.54. The molecule has 0 spiro atoms. The minimum atomic E-state index is -0.0884. The number of rotatable bonds is 5. The summed E-state index contributed by atoms with van der Waals surface area (Å²) in [6.07, 6.45) is 9.48. The minimum Gasteiger partial charge on any atom is -0.338 e. The van der Waals surface area contributed by atoms with Gasteiger partial charge in [-0.1, -0.05) is 0 Å². The molecular formula is C15H21N5OS. The number of nitrogens with zero attached hydrogens (tertiary/aromatic N) is 3. The normalized spacial score (nSPS) is 17.0. The van der Waals surface area contributed by atoms with Crippen LogP contribution in [0.3, 0.4) is 0 Å². The number of carbonyl (C=O) groups excluding carboxylic acids is 1. The molecule has 7 heteroatoms. The largest absolute Gasteiger partial charge is 0.338 e. The SMILES string of the molecule is Cc1nc2c(s1)[C@H](NC(=O)NCCCn1ccnc1)CCC2. The first kappa shape index (κ1) is 15.0. The van der Waals surface area contributed by atoms with Gasteiger partial charge in [0.2, 0.25) is 0 Å². The topological polar surface area (TPSA) is 71.8 Å². The van der Waals surface area contributed by atoms with E-state index in [0.29, 0.717) is 6.54 Å². The third-order valence-electron chi connectivity index (χ3n) is 3.80. The average Bonchev–Trinajstić information content (AvgIpc) is 3.12. The molecule has 0 radical (unpaired) electrons. The van der Waals surface area contributed by atoms with Gasteiger partial charge in [0, 0.05) is 25.5 Å². The van der Waals surface area contributed by atoms with E-state index in [1.54, 1.807) is 23.9 Å². The van der Waals surface area contributed by atoms with E-state index in [4.69, 9.17) is 0 Å². The standard InChI is InChI=1S/C15H21N5OS/c1-11-18-12-4-2-5-13(14(12)22-11)19-15(21)17-6-3-8-20-9-7-16-10-20/h7,9-10,13H,2-6,8H2,1H3,(H2,17,19,21)/t13-/m1/s1. The fourth-order valence-electron chi connectivity index (χ4n) is 2.77. The molecule has 6 nitrogen and oxygen atoms in total. The molecule has 1 aliphatic carbocycles.